The Balaban J connectivity index is 0.000000917. The van der Waals surface area contributed by atoms with Crippen molar-refractivity contribution in [2.75, 3.05) is 0 Å². The second-order valence-electron chi connectivity index (χ2n) is 4.65. The Hall–Kier alpha value is -0.920. The van der Waals surface area contributed by atoms with Crippen LogP contribution in [-0.4, -0.2) is 0 Å². The van der Waals surface area contributed by atoms with E-state index in [0.717, 1.165) is 18.1 Å². The quantitative estimate of drug-likeness (QED) is 0.645. The Bertz CT molecular complexity index is 327. The van der Waals surface area contributed by atoms with Gasteiger partial charge in [-0.1, -0.05) is 41.0 Å². The van der Waals surface area contributed by atoms with E-state index in [0.29, 0.717) is 11.8 Å². The van der Waals surface area contributed by atoms with E-state index < -0.39 is 11.6 Å². The number of rotatable bonds is 2. The van der Waals surface area contributed by atoms with Crippen molar-refractivity contribution >= 4 is 0 Å². The van der Waals surface area contributed by atoms with E-state index in [9.17, 15) is 8.78 Å². The first-order valence-electron chi connectivity index (χ1n) is 6.60. The summed E-state index contributed by atoms with van der Waals surface area (Å²) in [4.78, 5) is 0. The van der Waals surface area contributed by atoms with Crippen LogP contribution in [0.2, 0.25) is 0 Å². The van der Waals surface area contributed by atoms with Crippen molar-refractivity contribution in [2.24, 2.45) is 11.8 Å². The summed E-state index contributed by atoms with van der Waals surface area (Å²) in [5.74, 6) is 0.369. The zero-order chi connectivity index (χ0) is 12.8. The first kappa shape index (κ1) is 17.1. The van der Waals surface area contributed by atoms with Crippen molar-refractivity contribution in [3.8, 4) is 0 Å². The average molecular weight is 256 g/mol. The van der Waals surface area contributed by atoms with Gasteiger partial charge in [0.2, 0.25) is 0 Å². The molecule has 18 heavy (non-hydrogen) atoms. The third kappa shape index (κ3) is 4.75. The maximum atomic E-state index is 13.0. The molecule has 0 aromatic heterocycles. The van der Waals surface area contributed by atoms with Gasteiger partial charge in [0.25, 0.3) is 0 Å². The molecule has 2 atom stereocenters. The van der Waals surface area contributed by atoms with Crippen LogP contribution in [-0.2, 0) is 6.42 Å². The Kier molecular flexibility index (Phi) is 7.81. The van der Waals surface area contributed by atoms with Crippen molar-refractivity contribution < 1.29 is 8.78 Å². The zero-order valence-corrected chi connectivity index (χ0v) is 11.0. The predicted octanol–water partition coefficient (Wildman–Crippen LogP) is 5.61. The molecule has 1 fully saturated rings. The van der Waals surface area contributed by atoms with Gasteiger partial charge in [0.1, 0.15) is 11.6 Å². The molecule has 0 amide bonds. The van der Waals surface area contributed by atoms with Crippen molar-refractivity contribution in [1.29, 1.82) is 0 Å². The third-order valence-electron chi connectivity index (χ3n) is 3.46. The normalized spacial score (nSPS) is 21.8. The van der Waals surface area contributed by atoms with Crippen molar-refractivity contribution in [2.45, 2.75) is 53.9 Å². The van der Waals surface area contributed by atoms with E-state index in [1.807, 2.05) is 13.8 Å². The van der Waals surface area contributed by atoms with E-state index in [-0.39, 0.29) is 7.43 Å². The number of halogens is 2. The lowest BCUT2D eigenvalue weighted by atomic mass is 9.91. The molecule has 2 rings (SSSR count). The summed E-state index contributed by atoms with van der Waals surface area (Å²) < 4.78 is 25.9. The lowest BCUT2D eigenvalue weighted by Crippen LogP contribution is -2.07. The van der Waals surface area contributed by atoms with E-state index >= 15 is 0 Å². The second kappa shape index (κ2) is 8.23. The summed E-state index contributed by atoms with van der Waals surface area (Å²) in [6.07, 6.45) is 4.52. The van der Waals surface area contributed by atoms with Crippen LogP contribution in [0.25, 0.3) is 0 Å². The minimum atomic E-state index is -0.462. The predicted molar refractivity (Wildman–Crippen MR) is 74.6 cm³/mol. The van der Waals surface area contributed by atoms with Gasteiger partial charge in [0.05, 0.1) is 0 Å². The van der Waals surface area contributed by atoms with Crippen LogP contribution in [0.1, 0.15) is 53.0 Å². The Morgan fingerprint density at radius 3 is 2.06 bits per heavy atom. The van der Waals surface area contributed by atoms with Crippen LogP contribution in [0.3, 0.4) is 0 Å². The van der Waals surface area contributed by atoms with Crippen LogP contribution >= 0.6 is 0 Å². The molecule has 0 nitrogen and oxygen atoms in total. The molecular weight excluding hydrogens is 230 g/mol. The van der Waals surface area contributed by atoms with Crippen molar-refractivity contribution in [3.63, 3.8) is 0 Å². The van der Waals surface area contributed by atoms with Gasteiger partial charge in [0, 0.05) is 6.07 Å². The molecule has 0 unspecified atom stereocenters. The van der Waals surface area contributed by atoms with Crippen LogP contribution < -0.4 is 0 Å². The second-order valence-corrected chi connectivity index (χ2v) is 4.65. The molecule has 0 radical (unpaired) electrons. The lowest BCUT2D eigenvalue weighted by Gasteiger charge is -2.15. The van der Waals surface area contributed by atoms with Gasteiger partial charge in [-0.05, 0) is 42.4 Å². The van der Waals surface area contributed by atoms with Gasteiger partial charge in [-0.2, -0.15) is 0 Å². The largest absolute Gasteiger partial charge is 0.207 e. The SMILES string of the molecule is C.CC.C[C@@H]1CCC[C@@H]1Cc1cc(F)cc(F)c1. The van der Waals surface area contributed by atoms with Gasteiger partial charge in [0.15, 0.2) is 0 Å². The molecule has 0 spiro atoms. The summed E-state index contributed by atoms with van der Waals surface area (Å²) >= 11 is 0. The fraction of sp³-hybridized carbons (Fsp3) is 0.625. The highest BCUT2D eigenvalue weighted by atomic mass is 19.1. The van der Waals surface area contributed by atoms with Crippen LogP contribution in [0.15, 0.2) is 18.2 Å². The first-order chi connectivity index (χ1) is 8.15. The fourth-order valence-corrected chi connectivity index (χ4v) is 2.56. The fourth-order valence-electron chi connectivity index (χ4n) is 2.56. The number of hydrogen-bond donors (Lipinski definition) is 0. The Labute approximate surface area is 110 Å². The topological polar surface area (TPSA) is 0 Å². The van der Waals surface area contributed by atoms with Gasteiger partial charge in [-0.25, -0.2) is 8.78 Å². The number of benzene rings is 1. The van der Waals surface area contributed by atoms with Crippen LogP contribution in [0.4, 0.5) is 8.78 Å². The lowest BCUT2D eigenvalue weighted by molar-refractivity contribution is 0.415. The molecule has 1 aromatic carbocycles. The van der Waals surface area contributed by atoms with Gasteiger partial charge >= 0.3 is 0 Å². The summed E-state index contributed by atoms with van der Waals surface area (Å²) in [6.45, 7) is 6.23. The molecule has 0 bridgehead atoms. The van der Waals surface area contributed by atoms with Crippen molar-refractivity contribution in [1.82, 2.24) is 0 Å². The highest BCUT2D eigenvalue weighted by Crippen LogP contribution is 2.33. The Morgan fingerprint density at radius 1 is 1.06 bits per heavy atom. The smallest absolute Gasteiger partial charge is 0.126 e. The monoisotopic (exact) mass is 256 g/mol. The number of hydrogen-bond acceptors (Lipinski definition) is 0. The van der Waals surface area contributed by atoms with E-state index in [1.165, 1.54) is 31.4 Å². The molecule has 2 heteroatoms. The molecule has 0 aliphatic heterocycles. The molecule has 1 saturated carbocycles. The van der Waals surface area contributed by atoms with Gasteiger partial charge in [-0.15, -0.1) is 0 Å². The standard InChI is InChI=1S/C13H16F2.C2H6.CH4/c1-9-3-2-4-11(9)5-10-6-12(14)8-13(15)7-10;1-2;/h6-9,11H,2-5H2,1H3;1-2H3;1H4/t9-,11-;;/m1../s1. The van der Waals surface area contributed by atoms with Crippen LogP contribution in [0.5, 0.6) is 0 Å². The minimum absolute atomic E-state index is 0. The molecule has 1 aromatic rings. The summed E-state index contributed by atoms with van der Waals surface area (Å²) in [5, 5.41) is 0. The maximum absolute atomic E-state index is 13.0. The van der Waals surface area contributed by atoms with Crippen LogP contribution in [0, 0.1) is 23.5 Å². The van der Waals surface area contributed by atoms with E-state index in [4.69, 9.17) is 0 Å². The van der Waals surface area contributed by atoms with Gasteiger partial charge in [-0.3, -0.25) is 0 Å². The summed E-state index contributed by atoms with van der Waals surface area (Å²) in [7, 11) is 0. The highest BCUT2D eigenvalue weighted by molar-refractivity contribution is 5.18. The summed E-state index contributed by atoms with van der Waals surface area (Å²) in [6, 6.07) is 3.84. The molecule has 0 heterocycles. The Morgan fingerprint density at radius 2 is 1.61 bits per heavy atom. The minimum Gasteiger partial charge on any atom is -0.207 e. The molecular formula is C16H26F2. The van der Waals surface area contributed by atoms with E-state index in [1.54, 1.807) is 0 Å². The molecule has 0 saturated heterocycles. The highest BCUT2D eigenvalue weighted by Gasteiger charge is 2.23. The van der Waals surface area contributed by atoms with Crippen molar-refractivity contribution in [3.05, 3.63) is 35.4 Å². The van der Waals surface area contributed by atoms with Gasteiger partial charge < -0.3 is 0 Å². The first-order valence-corrected chi connectivity index (χ1v) is 6.60. The molecule has 104 valence electrons. The zero-order valence-electron chi connectivity index (χ0n) is 11.0. The third-order valence-corrected chi connectivity index (χ3v) is 3.46. The molecule has 0 N–H and O–H groups in total. The molecule has 1 aliphatic rings. The molecule has 1 aliphatic carbocycles. The average Bonchev–Trinajstić information content (AvgIpc) is 2.66. The summed E-state index contributed by atoms with van der Waals surface area (Å²) in [5.41, 5.74) is 0.797. The maximum Gasteiger partial charge on any atom is 0.126 e. The van der Waals surface area contributed by atoms with E-state index in [2.05, 4.69) is 6.92 Å².